The van der Waals surface area contributed by atoms with Crippen LogP contribution in [0.5, 0.6) is 0 Å². The topological polar surface area (TPSA) is 40.5 Å². The van der Waals surface area contributed by atoms with Crippen molar-refractivity contribution in [3.63, 3.8) is 0 Å². The average Bonchev–Trinajstić information content (AvgIpc) is 2.04. The fourth-order valence-electron chi connectivity index (χ4n) is 1.14. The van der Waals surface area contributed by atoms with Gasteiger partial charge in [0.2, 0.25) is 0 Å². The molecule has 0 saturated carbocycles. The van der Waals surface area contributed by atoms with E-state index in [1.807, 2.05) is 25.1 Å². The third kappa shape index (κ3) is 1.59. The van der Waals surface area contributed by atoms with Crippen molar-refractivity contribution in [3.05, 3.63) is 34.9 Å². The van der Waals surface area contributed by atoms with E-state index in [0.29, 0.717) is 0 Å². The van der Waals surface area contributed by atoms with Gasteiger partial charge in [0, 0.05) is 0 Å². The maximum absolute atomic E-state index is 8.92. The Bertz CT molecular complexity index is 243. The van der Waals surface area contributed by atoms with Gasteiger partial charge in [-0.3, -0.25) is 0 Å². The van der Waals surface area contributed by atoms with Crippen LogP contribution in [0.1, 0.15) is 16.7 Å². The molecule has 0 aliphatic carbocycles. The zero-order chi connectivity index (χ0) is 8.27. The highest BCUT2D eigenvalue weighted by atomic mass is 16.3. The van der Waals surface area contributed by atoms with Crippen LogP contribution in [0.2, 0.25) is 0 Å². The Morgan fingerprint density at radius 2 is 1.91 bits per heavy atom. The molecule has 1 aromatic carbocycles. The molecule has 0 bridgehead atoms. The zero-order valence-electron chi connectivity index (χ0n) is 6.54. The fourth-order valence-corrected chi connectivity index (χ4v) is 1.14. The monoisotopic (exact) mass is 152 g/mol. The molecular formula is C9H12O2. The minimum Gasteiger partial charge on any atom is -0.392 e. The largest absolute Gasteiger partial charge is 0.392 e. The van der Waals surface area contributed by atoms with Crippen molar-refractivity contribution >= 4 is 0 Å². The summed E-state index contributed by atoms with van der Waals surface area (Å²) in [6.45, 7) is 1.92. The first-order chi connectivity index (χ1) is 5.29. The van der Waals surface area contributed by atoms with Gasteiger partial charge in [-0.15, -0.1) is 0 Å². The van der Waals surface area contributed by atoms with Crippen molar-refractivity contribution in [2.24, 2.45) is 0 Å². The smallest absolute Gasteiger partial charge is 0.0687 e. The van der Waals surface area contributed by atoms with Gasteiger partial charge < -0.3 is 10.2 Å². The van der Waals surface area contributed by atoms with E-state index in [9.17, 15) is 0 Å². The lowest BCUT2D eigenvalue weighted by Crippen LogP contribution is -1.96. The van der Waals surface area contributed by atoms with Gasteiger partial charge in [-0.05, 0) is 23.6 Å². The second-order valence-electron chi connectivity index (χ2n) is 2.53. The number of aliphatic hydroxyl groups excluding tert-OH is 2. The van der Waals surface area contributed by atoms with Gasteiger partial charge in [0.25, 0.3) is 0 Å². The molecule has 0 unspecified atom stereocenters. The number of hydrogen-bond donors (Lipinski definition) is 2. The number of aryl methyl sites for hydroxylation is 1. The van der Waals surface area contributed by atoms with Crippen molar-refractivity contribution in [2.45, 2.75) is 20.1 Å². The van der Waals surface area contributed by atoms with Crippen LogP contribution in [-0.4, -0.2) is 10.2 Å². The second-order valence-corrected chi connectivity index (χ2v) is 2.53. The Morgan fingerprint density at radius 1 is 1.18 bits per heavy atom. The molecular weight excluding hydrogens is 140 g/mol. The number of aliphatic hydroxyl groups is 2. The van der Waals surface area contributed by atoms with Gasteiger partial charge in [0.15, 0.2) is 0 Å². The third-order valence-electron chi connectivity index (χ3n) is 1.84. The van der Waals surface area contributed by atoms with Crippen LogP contribution in [0.25, 0.3) is 0 Å². The van der Waals surface area contributed by atoms with Gasteiger partial charge >= 0.3 is 0 Å². The molecule has 0 aromatic heterocycles. The third-order valence-corrected chi connectivity index (χ3v) is 1.84. The lowest BCUT2D eigenvalue weighted by atomic mass is 10.0. The fraction of sp³-hybridized carbons (Fsp3) is 0.333. The normalized spacial score (nSPS) is 10.1. The Morgan fingerprint density at radius 3 is 2.36 bits per heavy atom. The van der Waals surface area contributed by atoms with Gasteiger partial charge in [0.05, 0.1) is 13.2 Å². The Balaban J connectivity index is 3.13. The molecule has 0 aliphatic heterocycles. The summed E-state index contributed by atoms with van der Waals surface area (Å²) in [5, 5.41) is 17.8. The predicted octanol–water partition coefficient (Wildman–Crippen LogP) is 0.980. The van der Waals surface area contributed by atoms with Gasteiger partial charge in [-0.2, -0.15) is 0 Å². The lowest BCUT2D eigenvalue weighted by molar-refractivity contribution is 0.259. The Kier molecular flexibility index (Phi) is 2.63. The highest BCUT2D eigenvalue weighted by molar-refractivity contribution is 5.33. The highest BCUT2D eigenvalue weighted by Gasteiger charge is 2.01. The van der Waals surface area contributed by atoms with Crippen molar-refractivity contribution < 1.29 is 10.2 Å². The van der Waals surface area contributed by atoms with E-state index >= 15 is 0 Å². The maximum Gasteiger partial charge on any atom is 0.0687 e. The van der Waals surface area contributed by atoms with Crippen LogP contribution in [0, 0.1) is 6.92 Å². The van der Waals surface area contributed by atoms with Crippen LogP contribution in [0.15, 0.2) is 18.2 Å². The molecule has 60 valence electrons. The first kappa shape index (κ1) is 8.24. The molecule has 2 nitrogen and oxygen atoms in total. The van der Waals surface area contributed by atoms with E-state index in [0.717, 1.165) is 16.7 Å². The van der Waals surface area contributed by atoms with E-state index in [2.05, 4.69) is 0 Å². The molecule has 1 aromatic rings. The van der Waals surface area contributed by atoms with E-state index in [1.54, 1.807) is 0 Å². The lowest BCUT2D eigenvalue weighted by Gasteiger charge is -2.06. The summed E-state index contributed by atoms with van der Waals surface area (Å²) in [6.07, 6.45) is 0. The molecule has 0 amide bonds. The first-order valence-electron chi connectivity index (χ1n) is 3.58. The molecule has 2 N–H and O–H groups in total. The molecule has 2 heteroatoms. The summed E-state index contributed by atoms with van der Waals surface area (Å²) in [4.78, 5) is 0. The summed E-state index contributed by atoms with van der Waals surface area (Å²) < 4.78 is 0. The summed E-state index contributed by atoms with van der Waals surface area (Å²) in [7, 11) is 0. The summed E-state index contributed by atoms with van der Waals surface area (Å²) in [6, 6.07) is 5.61. The summed E-state index contributed by atoms with van der Waals surface area (Å²) >= 11 is 0. The molecule has 0 spiro atoms. The van der Waals surface area contributed by atoms with Gasteiger partial charge in [0.1, 0.15) is 0 Å². The molecule has 0 saturated heterocycles. The molecule has 0 fully saturated rings. The minimum atomic E-state index is -0.00241. The molecule has 1 rings (SSSR count). The van der Waals surface area contributed by atoms with Crippen LogP contribution in [0.4, 0.5) is 0 Å². The van der Waals surface area contributed by atoms with Crippen LogP contribution >= 0.6 is 0 Å². The van der Waals surface area contributed by atoms with Crippen LogP contribution in [-0.2, 0) is 13.2 Å². The molecule has 0 atom stereocenters. The summed E-state index contributed by atoms with van der Waals surface area (Å²) in [5.41, 5.74) is 2.68. The molecule has 0 radical (unpaired) electrons. The average molecular weight is 152 g/mol. The van der Waals surface area contributed by atoms with E-state index in [-0.39, 0.29) is 13.2 Å². The predicted molar refractivity (Wildman–Crippen MR) is 43.0 cm³/mol. The second kappa shape index (κ2) is 3.51. The number of hydrogen-bond acceptors (Lipinski definition) is 2. The van der Waals surface area contributed by atoms with Crippen molar-refractivity contribution in [3.8, 4) is 0 Å². The standard InChI is InChI=1S/C9H12O2/c1-7-3-2-4-8(5-10)9(7)6-11/h2-4,10-11H,5-6H2,1H3. The quantitative estimate of drug-likeness (QED) is 0.663. The van der Waals surface area contributed by atoms with E-state index < -0.39 is 0 Å². The highest BCUT2D eigenvalue weighted by Crippen LogP contribution is 2.13. The molecule has 0 heterocycles. The molecule has 11 heavy (non-hydrogen) atoms. The molecule has 0 aliphatic rings. The Labute approximate surface area is 66.1 Å². The summed E-state index contributed by atoms with van der Waals surface area (Å²) in [5.74, 6) is 0. The minimum absolute atomic E-state index is 0.00241. The van der Waals surface area contributed by atoms with E-state index in [1.165, 1.54) is 0 Å². The number of benzene rings is 1. The maximum atomic E-state index is 8.92. The zero-order valence-corrected chi connectivity index (χ0v) is 6.54. The van der Waals surface area contributed by atoms with Crippen molar-refractivity contribution in [1.82, 2.24) is 0 Å². The van der Waals surface area contributed by atoms with Crippen molar-refractivity contribution in [1.29, 1.82) is 0 Å². The van der Waals surface area contributed by atoms with Crippen LogP contribution in [0.3, 0.4) is 0 Å². The Hall–Kier alpha value is -0.860. The SMILES string of the molecule is Cc1cccc(CO)c1CO. The first-order valence-corrected chi connectivity index (χ1v) is 3.58. The van der Waals surface area contributed by atoms with Crippen molar-refractivity contribution in [2.75, 3.05) is 0 Å². The van der Waals surface area contributed by atoms with Crippen LogP contribution < -0.4 is 0 Å². The van der Waals surface area contributed by atoms with E-state index in [4.69, 9.17) is 10.2 Å². The number of rotatable bonds is 2. The van der Waals surface area contributed by atoms with Gasteiger partial charge in [-0.25, -0.2) is 0 Å². The van der Waals surface area contributed by atoms with Gasteiger partial charge in [-0.1, -0.05) is 18.2 Å².